The van der Waals surface area contributed by atoms with E-state index in [0.29, 0.717) is 6.54 Å². The lowest BCUT2D eigenvalue weighted by molar-refractivity contribution is 0.546. The van der Waals surface area contributed by atoms with E-state index in [1.807, 2.05) is 12.3 Å². The Balaban J connectivity index is 2.19. The van der Waals surface area contributed by atoms with Gasteiger partial charge in [-0.1, -0.05) is 20.8 Å². The van der Waals surface area contributed by atoms with Crippen molar-refractivity contribution in [1.82, 2.24) is 15.0 Å². The summed E-state index contributed by atoms with van der Waals surface area (Å²) in [5.74, 6) is 2.52. The van der Waals surface area contributed by atoms with E-state index in [2.05, 4.69) is 60.2 Å². The molecular formula is C15H23N5S. The average Bonchev–Trinajstić information content (AvgIpc) is 2.81. The number of anilines is 2. The largest absolute Gasteiger partial charge is 0.370 e. The van der Waals surface area contributed by atoms with Crippen LogP contribution in [0.2, 0.25) is 0 Å². The fraction of sp³-hybridized carbons (Fsp3) is 0.533. The maximum Gasteiger partial charge on any atom is 0.138 e. The molecule has 0 aliphatic rings. The van der Waals surface area contributed by atoms with Crippen LogP contribution >= 0.6 is 11.3 Å². The molecule has 2 heterocycles. The van der Waals surface area contributed by atoms with E-state index < -0.39 is 0 Å². The summed E-state index contributed by atoms with van der Waals surface area (Å²) in [6.07, 6.45) is 1.90. The Kier molecular flexibility index (Phi) is 4.77. The molecule has 0 atom stereocenters. The number of nitrogens with zero attached hydrogens (tertiary/aromatic N) is 3. The first-order valence-corrected chi connectivity index (χ1v) is 7.98. The Morgan fingerprint density at radius 1 is 1.14 bits per heavy atom. The highest BCUT2D eigenvalue weighted by atomic mass is 32.1. The smallest absolute Gasteiger partial charge is 0.138 e. The van der Waals surface area contributed by atoms with Gasteiger partial charge in [0.1, 0.15) is 22.5 Å². The van der Waals surface area contributed by atoms with Crippen LogP contribution < -0.4 is 10.6 Å². The highest BCUT2D eigenvalue weighted by molar-refractivity contribution is 7.11. The van der Waals surface area contributed by atoms with Crippen LogP contribution in [0.1, 0.15) is 43.4 Å². The van der Waals surface area contributed by atoms with E-state index in [-0.39, 0.29) is 5.41 Å². The van der Waals surface area contributed by atoms with Gasteiger partial charge in [0.05, 0.1) is 6.54 Å². The SMILES string of the molecule is CCNc1cc(NCc2ncc(C)s2)nc(C(C)(C)C)n1. The van der Waals surface area contributed by atoms with E-state index in [1.54, 1.807) is 11.3 Å². The molecule has 0 radical (unpaired) electrons. The first-order valence-electron chi connectivity index (χ1n) is 7.17. The van der Waals surface area contributed by atoms with Crippen LogP contribution in [-0.2, 0) is 12.0 Å². The van der Waals surface area contributed by atoms with Gasteiger partial charge >= 0.3 is 0 Å². The van der Waals surface area contributed by atoms with Crippen molar-refractivity contribution in [3.8, 4) is 0 Å². The summed E-state index contributed by atoms with van der Waals surface area (Å²) in [5, 5.41) is 7.66. The molecule has 0 spiro atoms. The van der Waals surface area contributed by atoms with Crippen molar-refractivity contribution < 1.29 is 0 Å². The fourth-order valence-corrected chi connectivity index (χ4v) is 2.52. The lowest BCUT2D eigenvalue weighted by Crippen LogP contribution is -2.18. The van der Waals surface area contributed by atoms with Gasteiger partial charge in [-0.25, -0.2) is 15.0 Å². The van der Waals surface area contributed by atoms with Gasteiger partial charge in [-0.15, -0.1) is 11.3 Å². The van der Waals surface area contributed by atoms with E-state index >= 15 is 0 Å². The molecule has 0 bridgehead atoms. The molecule has 114 valence electrons. The number of rotatable bonds is 5. The zero-order chi connectivity index (χ0) is 15.5. The number of aryl methyl sites for hydroxylation is 1. The Morgan fingerprint density at radius 3 is 2.33 bits per heavy atom. The van der Waals surface area contributed by atoms with E-state index in [0.717, 1.165) is 29.0 Å². The molecule has 0 aromatic carbocycles. The van der Waals surface area contributed by atoms with Crippen molar-refractivity contribution in [2.24, 2.45) is 0 Å². The zero-order valence-corrected chi connectivity index (χ0v) is 14.1. The highest BCUT2D eigenvalue weighted by Gasteiger charge is 2.19. The summed E-state index contributed by atoms with van der Waals surface area (Å²) in [5.41, 5.74) is -0.0837. The van der Waals surface area contributed by atoms with Crippen LogP contribution in [-0.4, -0.2) is 21.5 Å². The molecule has 0 amide bonds. The van der Waals surface area contributed by atoms with Crippen molar-refractivity contribution in [3.05, 3.63) is 28.0 Å². The van der Waals surface area contributed by atoms with Gasteiger partial charge in [-0.2, -0.15) is 0 Å². The molecule has 2 aromatic rings. The molecule has 6 heteroatoms. The standard InChI is InChI=1S/C15H23N5S/c1-6-16-11-7-12(20-14(19-11)15(3,4)5)17-9-13-18-8-10(2)21-13/h7-8H,6,9H2,1-5H3,(H2,16,17,19,20). The quantitative estimate of drug-likeness (QED) is 0.884. The first kappa shape index (κ1) is 15.7. The second kappa shape index (κ2) is 6.39. The van der Waals surface area contributed by atoms with Crippen LogP contribution in [0.25, 0.3) is 0 Å². The van der Waals surface area contributed by atoms with Gasteiger partial charge < -0.3 is 10.6 Å². The van der Waals surface area contributed by atoms with Gasteiger partial charge in [-0.05, 0) is 13.8 Å². The monoisotopic (exact) mass is 305 g/mol. The van der Waals surface area contributed by atoms with E-state index in [1.165, 1.54) is 4.88 Å². The first-order chi connectivity index (χ1) is 9.88. The molecule has 2 aromatic heterocycles. The lowest BCUT2D eigenvalue weighted by atomic mass is 9.96. The summed E-state index contributed by atoms with van der Waals surface area (Å²) in [7, 11) is 0. The Bertz CT molecular complexity index is 600. The third-order valence-electron chi connectivity index (χ3n) is 2.84. The van der Waals surface area contributed by atoms with Gasteiger partial charge in [-0.3, -0.25) is 0 Å². The molecule has 21 heavy (non-hydrogen) atoms. The molecular weight excluding hydrogens is 282 g/mol. The van der Waals surface area contributed by atoms with Crippen LogP contribution in [0.15, 0.2) is 12.3 Å². The predicted octanol–water partition coefficient (Wildman–Crippen LogP) is 3.58. The third kappa shape index (κ3) is 4.39. The molecule has 0 saturated heterocycles. The summed E-state index contributed by atoms with van der Waals surface area (Å²) < 4.78 is 0. The number of thiazole rings is 1. The number of nitrogens with one attached hydrogen (secondary N) is 2. The minimum absolute atomic E-state index is 0.0837. The van der Waals surface area contributed by atoms with Crippen LogP contribution in [0, 0.1) is 6.92 Å². The predicted molar refractivity (Wildman–Crippen MR) is 89.1 cm³/mol. The number of aromatic nitrogens is 3. The molecule has 5 nitrogen and oxygen atoms in total. The third-order valence-corrected chi connectivity index (χ3v) is 3.76. The Morgan fingerprint density at radius 2 is 1.81 bits per heavy atom. The van der Waals surface area contributed by atoms with Crippen molar-refractivity contribution in [1.29, 1.82) is 0 Å². The Hall–Kier alpha value is -1.69. The zero-order valence-electron chi connectivity index (χ0n) is 13.3. The molecule has 0 saturated carbocycles. The van der Waals surface area contributed by atoms with Gasteiger partial charge in [0.15, 0.2) is 0 Å². The average molecular weight is 305 g/mol. The minimum atomic E-state index is -0.0837. The summed E-state index contributed by atoms with van der Waals surface area (Å²) in [4.78, 5) is 14.8. The molecule has 0 aliphatic carbocycles. The maximum atomic E-state index is 4.62. The van der Waals surface area contributed by atoms with Crippen molar-refractivity contribution in [3.63, 3.8) is 0 Å². The number of hydrogen-bond acceptors (Lipinski definition) is 6. The van der Waals surface area contributed by atoms with Crippen molar-refractivity contribution >= 4 is 23.0 Å². The summed E-state index contributed by atoms with van der Waals surface area (Å²) in [6, 6.07) is 1.94. The Labute approximate surface area is 130 Å². The highest BCUT2D eigenvalue weighted by Crippen LogP contribution is 2.23. The topological polar surface area (TPSA) is 62.7 Å². The van der Waals surface area contributed by atoms with Gasteiger partial charge in [0.2, 0.25) is 0 Å². The second-order valence-corrected chi connectivity index (χ2v) is 7.28. The van der Waals surface area contributed by atoms with Crippen LogP contribution in [0.3, 0.4) is 0 Å². The summed E-state index contributed by atoms with van der Waals surface area (Å²) >= 11 is 1.70. The lowest BCUT2D eigenvalue weighted by Gasteiger charge is -2.19. The maximum absolute atomic E-state index is 4.62. The van der Waals surface area contributed by atoms with Crippen molar-refractivity contribution in [2.45, 2.75) is 46.6 Å². The molecule has 2 N–H and O–H groups in total. The van der Waals surface area contributed by atoms with E-state index in [4.69, 9.17) is 0 Å². The second-order valence-electron chi connectivity index (χ2n) is 5.96. The normalized spacial score (nSPS) is 11.5. The summed E-state index contributed by atoms with van der Waals surface area (Å²) in [6.45, 7) is 12.0. The fourth-order valence-electron chi connectivity index (χ4n) is 1.79. The molecule has 0 fully saturated rings. The molecule has 0 unspecified atom stereocenters. The van der Waals surface area contributed by atoms with Crippen LogP contribution in [0.5, 0.6) is 0 Å². The van der Waals surface area contributed by atoms with Crippen LogP contribution in [0.4, 0.5) is 11.6 Å². The number of hydrogen-bond donors (Lipinski definition) is 2. The minimum Gasteiger partial charge on any atom is -0.370 e. The van der Waals surface area contributed by atoms with Crippen molar-refractivity contribution in [2.75, 3.05) is 17.2 Å². The van der Waals surface area contributed by atoms with E-state index in [9.17, 15) is 0 Å². The molecule has 2 rings (SSSR count). The van der Waals surface area contributed by atoms with Gasteiger partial charge in [0.25, 0.3) is 0 Å². The molecule has 0 aliphatic heterocycles. The van der Waals surface area contributed by atoms with Gasteiger partial charge in [0, 0.05) is 29.1 Å².